The number of allylic oxidation sites excluding steroid dienone is 6. The van der Waals surface area contributed by atoms with Gasteiger partial charge in [0.05, 0.1) is 18.8 Å². The lowest BCUT2D eigenvalue weighted by atomic mass is 10.00. The van der Waals surface area contributed by atoms with Gasteiger partial charge in [0.25, 0.3) is 0 Å². The van der Waals surface area contributed by atoms with E-state index in [4.69, 9.17) is 0 Å². The summed E-state index contributed by atoms with van der Waals surface area (Å²) in [4.78, 5) is 12.7. The third kappa shape index (κ3) is 61.1. The van der Waals surface area contributed by atoms with E-state index in [0.29, 0.717) is 19.3 Å². The van der Waals surface area contributed by atoms with Crippen LogP contribution >= 0.6 is 0 Å². The first-order valence-corrected chi connectivity index (χ1v) is 36.4. The van der Waals surface area contributed by atoms with Crippen LogP contribution in [0.2, 0.25) is 0 Å². The van der Waals surface area contributed by atoms with E-state index in [1.165, 1.54) is 315 Å². The van der Waals surface area contributed by atoms with Crippen molar-refractivity contribution < 1.29 is 25.2 Å². The zero-order valence-electron chi connectivity index (χ0n) is 54.1. The van der Waals surface area contributed by atoms with Crippen LogP contribution in [0.5, 0.6) is 0 Å². The zero-order valence-corrected chi connectivity index (χ0v) is 54.1. The van der Waals surface area contributed by atoms with Crippen LogP contribution in [-0.2, 0) is 4.79 Å². The van der Waals surface area contributed by atoms with Gasteiger partial charge in [0.15, 0.2) is 0 Å². The molecule has 0 heterocycles. The minimum Gasteiger partial charge on any atom is -0.394 e. The molecule has 0 aromatic carbocycles. The number of aliphatic hydroxyl groups is 4. The van der Waals surface area contributed by atoms with E-state index in [1.54, 1.807) is 0 Å². The molecule has 6 heteroatoms. The third-order valence-corrected chi connectivity index (χ3v) is 17.3. The second-order valence-corrected chi connectivity index (χ2v) is 25.3. The number of aliphatic hydroxyl groups excluding tert-OH is 4. The number of unbranched alkanes of at least 4 members (excludes halogenated alkanes) is 53. The summed E-state index contributed by atoms with van der Waals surface area (Å²) in [7, 11) is 0. The molecule has 0 aliphatic carbocycles. The van der Waals surface area contributed by atoms with Gasteiger partial charge in [0.2, 0.25) is 5.91 Å². The van der Waals surface area contributed by atoms with Crippen molar-refractivity contribution in [2.24, 2.45) is 0 Å². The number of hydrogen-bond acceptors (Lipinski definition) is 5. The van der Waals surface area contributed by atoms with Gasteiger partial charge in [0, 0.05) is 0 Å². The summed E-state index contributed by atoms with van der Waals surface area (Å²) in [5, 5.41) is 44.2. The van der Waals surface area contributed by atoms with Crippen molar-refractivity contribution in [1.82, 2.24) is 5.32 Å². The maximum atomic E-state index is 12.7. The highest BCUT2D eigenvalue weighted by atomic mass is 16.3. The van der Waals surface area contributed by atoms with E-state index in [2.05, 4.69) is 55.6 Å². The molecule has 0 radical (unpaired) electrons. The molecule has 0 aliphatic rings. The Balaban J connectivity index is 3.55. The van der Waals surface area contributed by atoms with Crippen molar-refractivity contribution in [3.05, 3.63) is 36.5 Å². The lowest BCUT2D eigenvalue weighted by Crippen LogP contribution is -2.53. The molecule has 474 valence electrons. The second kappa shape index (κ2) is 68.3. The normalized spacial score (nSPS) is 13.6. The summed E-state index contributed by atoms with van der Waals surface area (Å²) in [6.45, 7) is 4.09. The molecule has 0 saturated carbocycles. The van der Waals surface area contributed by atoms with Gasteiger partial charge in [-0.05, 0) is 64.2 Å². The Labute approximate surface area is 500 Å². The number of hydrogen-bond donors (Lipinski definition) is 5. The monoisotopic (exact) mass is 1130 g/mol. The smallest absolute Gasteiger partial charge is 0.249 e. The van der Waals surface area contributed by atoms with Crippen LogP contribution in [0.3, 0.4) is 0 Å². The van der Waals surface area contributed by atoms with E-state index in [1.807, 2.05) is 0 Å². The molecule has 4 unspecified atom stereocenters. The first-order valence-electron chi connectivity index (χ1n) is 36.4. The van der Waals surface area contributed by atoms with Gasteiger partial charge in [-0.3, -0.25) is 4.79 Å². The predicted molar refractivity (Wildman–Crippen MR) is 353 cm³/mol. The number of carbonyl (C=O) groups is 1. The van der Waals surface area contributed by atoms with Gasteiger partial charge in [-0.25, -0.2) is 0 Å². The maximum absolute atomic E-state index is 12.7. The lowest BCUT2D eigenvalue weighted by molar-refractivity contribution is -0.132. The highest BCUT2D eigenvalue weighted by Gasteiger charge is 2.28. The molecule has 0 aliphatic heterocycles. The molecule has 0 spiro atoms. The lowest BCUT2D eigenvalue weighted by Gasteiger charge is -2.27. The molecule has 0 rings (SSSR count). The first-order chi connectivity index (χ1) is 39.5. The highest BCUT2D eigenvalue weighted by molar-refractivity contribution is 5.80. The molecule has 80 heavy (non-hydrogen) atoms. The predicted octanol–water partition coefficient (Wildman–Crippen LogP) is 22.7. The molecule has 5 N–H and O–H groups in total. The van der Waals surface area contributed by atoms with Gasteiger partial charge in [0.1, 0.15) is 12.2 Å². The highest BCUT2D eigenvalue weighted by Crippen LogP contribution is 2.20. The van der Waals surface area contributed by atoms with Crippen LogP contribution in [0.15, 0.2) is 36.5 Å². The fraction of sp³-hybridized carbons (Fsp3) is 0.905. The summed E-state index contributed by atoms with van der Waals surface area (Å²) < 4.78 is 0. The molecular formula is C74H143NO5. The zero-order chi connectivity index (χ0) is 58.0. The molecule has 0 aromatic rings. The molecule has 1 amide bonds. The SMILES string of the molecule is CCCCCCCCCCCCCCC/C=C/CC/C=C/CC/C=C/CCCC(O)C(O)C(CO)NC(=O)C(O)CCCCCCCCCCCCCCCCCCCCCCCCCCCCCCCCCCCCCCCC. The van der Waals surface area contributed by atoms with Gasteiger partial charge in [-0.2, -0.15) is 0 Å². The van der Waals surface area contributed by atoms with Crippen molar-refractivity contribution >= 4 is 5.91 Å². The van der Waals surface area contributed by atoms with Gasteiger partial charge in [-0.15, -0.1) is 0 Å². The van der Waals surface area contributed by atoms with E-state index < -0.39 is 36.9 Å². The van der Waals surface area contributed by atoms with Crippen LogP contribution in [0.1, 0.15) is 399 Å². The quantitative estimate of drug-likeness (QED) is 0.0308. The second-order valence-electron chi connectivity index (χ2n) is 25.3. The van der Waals surface area contributed by atoms with E-state index in [0.717, 1.165) is 51.4 Å². The summed E-state index contributed by atoms with van der Waals surface area (Å²) in [6, 6.07) is -1.01. The number of nitrogens with one attached hydrogen (secondary N) is 1. The average Bonchev–Trinajstić information content (AvgIpc) is 3.46. The minimum absolute atomic E-state index is 0.362. The maximum Gasteiger partial charge on any atom is 0.249 e. The molecule has 4 atom stereocenters. The van der Waals surface area contributed by atoms with Crippen molar-refractivity contribution in [1.29, 1.82) is 0 Å². The average molecular weight is 1130 g/mol. The summed E-state index contributed by atoms with van der Waals surface area (Å²) in [5.74, 6) is -0.592. The number of carbonyl (C=O) groups excluding carboxylic acids is 1. The summed E-state index contributed by atoms with van der Waals surface area (Å²) in [5.41, 5.74) is 0. The molecule has 0 bridgehead atoms. The standard InChI is InChI=1S/C74H143NO5/c1-3-5-7-9-11-13-15-17-19-21-23-25-27-29-31-32-33-34-35-36-37-38-39-40-41-42-44-46-48-50-52-54-56-58-60-62-64-66-68-72(78)74(80)75-70(69-76)73(79)71(77)67-65-63-61-59-57-55-53-51-49-47-45-43-30-28-26-24-22-20-18-16-14-12-10-8-6-4-2/h43,45,51,53,59,61,70-73,76-79H,3-42,44,46-50,52,54-58,60,62-69H2,1-2H3,(H,75,80)/b45-43+,53-51+,61-59+. The Bertz CT molecular complexity index is 1270. The van der Waals surface area contributed by atoms with Crippen LogP contribution in [0.25, 0.3) is 0 Å². The van der Waals surface area contributed by atoms with Gasteiger partial charge < -0.3 is 25.7 Å². The van der Waals surface area contributed by atoms with Crippen LogP contribution in [-0.4, -0.2) is 57.3 Å². The Morgan fingerprint density at radius 2 is 0.525 bits per heavy atom. The fourth-order valence-corrected chi connectivity index (χ4v) is 11.7. The van der Waals surface area contributed by atoms with E-state index in [9.17, 15) is 25.2 Å². The van der Waals surface area contributed by atoms with E-state index in [-0.39, 0.29) is 0 Å². The van der Waals surface area contributed by atoms with Crippen molar-refractivity contribution in [2.45, 2.75) is 423 Å². The third-order valence-electron chi connectivity index (χ3n) is 17.3. The first kappa shape index (κ1) is 78.5. The molecule has 6 nitrogen and oxygen atoms in total. The van der Waals surface area contributed by atoms with Gasteiger partial charge >= 0.3 is 0 Å². The van der Waals surface area contributed by atoms with Crippen LogP contribution in [0.4, 0.5) is 0 Å². The summed E-state index contributed by atoms with van der Waals surface area (Å²) >= 11 is 0. The van der Waals surface area contributed by atoms with E-state index >= 15 is 0 Å². The summed E-state index contributed by atoms with van der Waals surface area (Å²) in [6.07, 6.45) is 88.7. The molecular weight excluding hydrogens is 983 g/mol. The Kier molecular flexibility index (Phi) is 67.1. The number of rotatable bonds is 68. The Morgan fingerprint density at radius 3 is 0.787 bits per heavy atom. The van der Waals surface area contributed by atoms with Crippen molar-refractivity contribution in [3.63, 3.8) is 0 Å². The minimum atomic E-state index is -1.29. The van der Waals surface area contributed by atoms with Crippen LogP contribution < -0.4 is 5.32 Å². The number of amides is 1. The molecule has 0 aromatic heterocycles. The molecule has 0 fully saturated rings. The Hall–Kier alpha value is -1.47. The van der Waals surface area contributed by atoms with Crippen molar-refractivity contribution in [3.8, 4) is 0 Å². The Morgan fingerprint density at radius 1 is 0.300 bits per heavy atom. The van der Waals surface area contributed by atoms with Crippen LogP contribution in [0, 0.1) is 0 Å². The van der Waals surface area contributed by atoms with Crippen molar-refractivity contribution in [2.75, 3.05) is 6.61 Å². The molecule has 0 saturated heterocycles. The van der Waals surface area contributed by atoms with Gasteiger partial charge in [-0.1, -0.05) is 371 Å². The fourth-order valence-electron chi connectivity index (χ4n) is 11.7. The largest absolute Gasteiger partial charge is 0.394 e. The topological polar surface area (TPSA) is 110 Å².